The van der Waals surface area contributed by atoms with Gasteiger partial charge in [-0.25, -0.2) is 0 Å². The fourth-order valence-corrected chi connectivity index (χ4v) is 2.03. The monoisotopic (exact) mass is 296 g/mol. The Labute approximate surface area is 129 Å². The summed E-state index contributed by atoms with van der Waals surface area (Å²) in [7, 11) is 0. The molecular formula is C17H32N2O2. The maximum atomic E-state index is 5.81. The van der Waals surface area contributed by atoms with Crippen molar-refractivity contribution in [3.63, 3.8) is 0 Å². The second kappa shape index (κ2) is 9.21. The Kier molecular flexibility index (Phi) is 7.97. The van der Waals surface area contributed by atoms with Gasteiger partial charge in [0.1, 0.15) is 6.61 Å². The number of nitrogens with zero attached hydrogens (tertiary/aromatic N) is 1. The topological polar surface area (TPSA) is 47.3 Å². The summed E-state index contributed by atoms with van der Waals surface area (Å²) in [5.41, 5.74) is 1.02. The van der Waals surface area contributed by atoms with E-state index in [1.807, 2.05) is 6.07 Å². The number of unbranched alkanes of at least 4 members (excludes halogenated alkanes) is 3. The van der Waals surface area contributed by atoms with Crippen LogP contribution in [0, 0.1) is 0 Å². The van der Waals surface area contributed by atoms with Gasteiger partial charge in [-0.2, -0.15) is 0 Å². The average Bonchev–Trinajstić information content (AvgIpc) is 2.86. The van der Waals surface area contributed by atoms with Crippen LogP contribution in [0.2, 0.25) is 0 Å². The van der Waals surface area contributed by atoms with Crippen LogP contribution in [0.4, 0.5) is 0 Å². The van der Waals surface area contributed by atoms with E-state index in [-0.39, 0.29) is 11.6 Å². The summed E-state index contributed by atoms with van der Waals surface area (Å²) in [6.07, 6.45) is 6.54. The van der Waals surface area contributed by atoms with Crippen molar-refractivity contribution in [2.45, 2.75) is 91.5 Å². The van der Waals surface area contributed by atoms with E-state index in [9.17, 15) is 0 Å². The van der Waals surface area contributed by atoms with Crippen molar-refractivity contribution in [3.05, 3.63) is 17.5 Å². The van der Waals surface area contributed by atoms with Crippen LogP contribution in [0.1, 0.15) is 78.2 Å². The molecule has 4 nitrogen and oxygen atoms in total. The highest BCUT2D eigenvalue weighted by Gasteiger charge is 2.11. The minimum absolute atomic E-state index is 0.0859. The predicted molar refractivity (Wildman–Crippen MR) is 86.1 cm³/mol. The van der Waals surface area contributed by atoms with Crippen LogP contribution in [-0.2, 0) is 17.9 Å². The first kappa shape index (κ1) is 18.2. The third-order valence-electron chi connectivity index (χ3n) is 3.38. The first-order valence-corrected chi connectivity index (χ1v) is 8.22. The molecule has 1 N–H and O–H groups in total. The zero-order chi connectivity index (χ0) is 15.7. The van der Waals surface area contributed by atoms with Gasteiger partial charge in [-0.05, 0) is 34.1 Å². The predicted octanol–water partition coefficient (Wildman–Crippen LogP) is 4.44. The van der Waals surface area contributed by atoms with Crippen molar-refractivity contribution in [2.24, 2.45) is 0 Å². The van der Waals surface area contributed by atoms with Crippen molar-refractivity contribution in [1.29, 1.82) is 0 Å². The molecule has 1 atom stereocenters. The number of hydrogen-bond donors (Lipinski definition) is 1. The van der Waals surface area contributed by atoms with Crippen molar-refractivity contribution in [2.75, 3.05) is 0 Å². The molecule has 0 saturated heterocycles. The molecular weight excluding hydrogens is 264 g/mol. The van der Waals surface area contributed by atoms with Crippen LogP contribution >= 0.6 is 0 Å². The first-order chi connectivity index (χ1) is 9.90. The van der Waals surface area contributed by atoms with Crippen molar-refractivity contribution < 1.29 is 9.26 Å². The van der Waals surface area contributed by atoms with Gasteiger partial charge in [0.2, 0.25) is 0 Å². The van der Waals surface area contributed by atoms with Crippen molar-refractivity contribution in [3.8, 4) is 0 Å². The van der Waals surface area contributed by atoms with Crippen LogP contribution in [-0.4, -0.2) is 16.8 Å². The van der Waals surface area contributed by atoms with Gasteiger partial charge in [0.25, 0.3) is 0 Å². The fourth-order valence-electron chi connectivity index (χ4n) is 2.03. The molecule has 0 spiro atoms. The SMILES string of the molecule is CCCCCCC(C)OCc1cc(CNC(C)(C)C)no1. The Hall–Kier alpha value is -0.870. The molecule has 0 aliphatic carbocycles. The average molecular weight is 296 g/mol. The lowest BCUT2D eigenvalue weighted by molar-refractivity contribution is 0.0333. The van der Waals surface area contributed by atoms with E-state index in [4.69, 9.17) is 9.26 Å². The normalized spacial score (nSPS) is 13.6. The summed E-state index contributed by atoms with van der Waals surface area (Å²) in [5, 5.41) is 7.46. The summed E-state index contributed by atoms with van der Waals surface area (Å²) in [5.74, 6) is 0.807. The largest absolute Gasteiger partial charge is 0.370 e. The van der Waals surface area contributed by atoms with Gasteiger partial charge >= 0.3 is 0 Å². The molecule has 122 valence electrons. The van der Waals surface area contributed by atoms with Crippen molar-refractivity contribution >= 4 is 0 Å². The molecule has 0 radical (unpaired) electrons. The van der Waals surface area contributed by atoms with E-state index >= 15 is 0 Å². The van der Waals surface area contributed by atoms with Crippen LogP contribution < -0.4 is 5.32 Å². The highest BCUT2D eigenvalue weighted by Crippen LogP contribution is 2.12. The molecule has 0 saturated carbocycles. The lowest BCUT2D eigenvalue weighted by Crippen LogP contribution is -2.35. The van der Waals surface area contributed by atoms with E-state index in [1.165, 1.54) is 25.7 Å². The number of nitrogens with one attached hydrogen (secondary N) is 1. The molecule has 1 aromatic heterocycles. The number of ether oxygens (including phenoxy) is 1. The minimum Gasteiger partial charge on any atom is -0.370 e. The Balaban J connectivity index is 2.22. The number of aromatic nitrogens is 1. The Morgan fingerprint density at radius 2 is 2.05 bits per heavy atom. The van der Waals surface area contributed by atoms with Gasteiger partial charge in [-0.1, -0.05) is 37.8 Å². The van der Waals surface area contributed by atoms with E-state index in [0.29, 0.717) is 6.61 Å². The number of hydrogen-bond acceptors (Lipinski definition) is 4. The van der Waals surface area contributed by atoms with Gasteiger partial charge in [-0.3, -0.25) is 0 Å². The first-order valence-electron chi connectivity index (χ1n) is 8.22. The molecule has 0 aromatic carbocycles. The summed E-state index contributed by atoms with van der Waals surface area (Å²) < 4.78 is 11.1. The molecule has 0 bridgehead atoms. The second-order valence-electron chi connectivity index (χ2n) is 6.86. The quantitative estimate of drug-likeness (QED) is 0.648. The Morgan fingerprint density at radius 1 is 1.29 bits per heavy atom. The zero-order valence-electron chi connectivity index (χ0n) is 14.4. The van der Waals surface area contributed by atoms with Gasteiger partial charge in [0.05, 0.1) is 11.8 Å². The van der Waals surface area contributed by atoms with Crippen LogP contribution in [0.15, 0.2) is 10.6 Å². The third kappa shape index (κ3) is 8.89. The zero-order valence-corrected chi connectivity index (χ0v) is 14.4. The fraction of sp³-hybridized carbons (Fsp3) is 0.824. The van der Waals surface area contributed by atoms with Crippen molar-refractivity contribution in [1.82, 2.24) is 10.5 Å². The molecule has 4 heteroatoms. The molecule has 21 heavy (non-hydrogen) atoms. The van der Waals surface area contributed by atoms with Gasteiger partial charge < -0.3 is 14.6 Å². The molecule has 0 aliphatic heterocycles. The van der Waals surface area contributed by atoms with Crippen LogP contribution in [0.25, 0.3) is 0 Å². The van der Waals surface area contributed by atoms with E-state index in [0.717, 1.165) is 24.4 Å². The standard InChI is InChI=1S/C17H32N2O2/c1-6-7-8-9-10-14(2)20-13-16-11-15(19-21-16)12-18-17(3,4)5/h11,14,18H,6-10,12-13H2,1-5H3. The minimum atomic E-state index is 0.0859. The maximum absolute atomic E-state index is 5.81. The summed E-state index contributed by atoms with van der Waals surface area (Å²) in [6, 6.07) is 1.97. The molecule has 1 heterocycles. The van der Waals surface area contributed by atoms with E-state index in [2.05, 4.69) is 45.1 Å². The highest BCUT2D eigenvalue weighted by molar-refractivity contribution is 5.04. The van der Waals surface area contributed by atoms with E-state index < -0.39 is 0 Å². The smallest absolute Gasteiger partial charge is 0.162 e. The Morgan fingerprint density at radius 3 is 2.71 bits per heavy atom. The van der Waals surface area contributed by atoms with Gasteiger partial charge in [-0.15, -0.1) is 0 Å². The molecule has 0 fully saturated rings. The molecule has 1 rings (SSSR count). The lowest BCUT2D eigenvalue weighted by atomic mass is 10.1. The highest BCUT2D eigenvalue weighted by atomic mass is 16.5. The molecule has 0 amide bonds. The van der Waals surface area contributed by atoms with Gasteiger partial charge in [0.15, 0.2) is 5.76 Å². The maximum Gasteiger partial charge on any atom is 0.162 e. The van der Waals surface area contributed by atoms with Crippen LogP contribution in [0.3, 0.4) is 0 Å². The molecule has 1 aromatic rings. The van der Waals surface area contributed by atoms with Crippen LogP contribution in [0.5, 0.6) is 0 Å². The summed E-state index contributed by atoms with van der Waals surface area (Å²) >= 11 is 0. The Bertz CT molecular complexity index is 382. The third-order valence-corrected chi connectivity index (χ3v) is 3.38. The van der Waals surface area contributed by atoms with E-state index in [1.54, 1.807) is 0 Å². The summed E-state index contributed by atoms with van der Waals surface area (Å²) in [4.78, 5) is 0. The molecule has 0 aliphatic rings. The second-order valence-corrected chi connectivity index (χ2v) is 6.86. The number of rotatable bonds is 10. The lowest BCUT2D eigenvalue weighted by Gasteiger charge is -2.19. The molecule has 1 unspecified atom stereocenters. The summed E-state index contributed by atoms with van der Waals surface area (Å²) in [6.45, 7) is 12.0. The van der Waals surface area contributed by atoms with Gasteiger partial charge in [0, 0.05) is 18.2 Å².